The maximum atomic E-state index is 10.8. The van der Waals surface area contributed by atoms with Crippen molar-refractivity contribution < 1.29 is 9.72 Å². The summed E-state index contributed by atoms with van der Waals surface area (Å²) in [6.45, 7) is 1.86. The van der Waals surface area contributed by atoms with Crippen LogP contribution in [0, 0.1) is 10.1 Å². The molecular formula is C7H10N4O3. The summed E-state index contributed by atoms with van der Waals surface area (Å²) in [4.78, 5) is 20.8. The van der Waals surface area contributed by atoms with Gasteiger partial charge in [0, 0.05) is 0 Å². The van der Waals surface area contributed by atoms with E-state index >= 15 is 0 Å². The number of rotatable bonds is 4. The molecule has 0 saturated carbocycles. The lowest BCUT2D eigenvalue weighted by Gasteiger charge is -1.92. The zero-order chi connectivity index (χ0) is 10.7. The molecule has 1 rings (SSSR count). The van der Waals surface area contributed by atoms with Gasteiger partial charge in [0.1, 0.15) is 5.69 Å². The molecule has 0 aromatic carbocycles. The molecule has 1 amide bonds. The molecule has 0 aliphatic carbocycles. The van der Waals surface area contributed by atoms with Crippen molar-refractivity contribution in [3.63, 3.8) is 0 Å². The highest BCUT2D eigenvalue weighted by molar-refractivity contribution is 5.95. The van der Waals surface area contributed by atoms with Gasteiger partial charge in [-0.15, -0.1) is 0 Å². The first-order chi connectivity index (χ1) is 6.57. The summed E-state index contributed by atoms with van der Waals surface area (Å²) >= 11 is 0. The lowest BCUT2D eigenvalue weighted by atomic mass is 10.2. The average Bonchev–Trinajstić information content (AvgIpc) is 2.48. The predicted molar refractivity (Wildman–Crippen MR) is 47.8 cm³/mol. The van der Waals surface area contributed by atoms with E-state index in [9.17, 15) is 14.9 Å². The Kier molecular flexibility index (Phi) is 2.80. The van der Waals surface area contributed by atoms with Crippen molar-refractivity contribution in [2.45, 2.75) is 19.8 Å². The van der Waals surface area contributed by atoms with Crippen LogP contribution in [0.1, 0.15) is 29.5 Å². The number of primary amides is 1. The number of aryl methyl sites for hydroxylation is 1. The molecule has 0 aliphatic rings. The van der Waals surface area contributed by atoms with Crippen molar-refractivity contribution in [1.82, 2.24) is 10.2 Å². The van der Waals surface area contributed by atoms with Crippen molar-refractivity contribution in [2.24, 2.45) is 5.73 Å². The number of nitrogens with two attached hydrogens (primary N) is 1. The molecule has 0 unspecified atom stereocenters. The second-order valence-corrected chi connectivity index (χ2v) is 2.77. The zero-order valence-corrected chi connectivity index (χ0v) is 7.61. The fourth-order valence-corrected chi connectivity index (χ4v) is 1.15. The Hall–Kier alpha value is -1.92. The van der Waals surface area contributed by atoms with Gasteiger partial charge in [-0.3, -0.25) is 20.0 Å². The van der Waals surface area contributed by atoms with Gasteiger partial charge in [-0.05, 0) is 6.42 Å². The third-order valence-corrected chi connectivity index (χ3v) is 1.73. The third-order valence-electron chi connectivity index (χ3n) is 1.73. The van der Waals surface area contributed by atoms with E-state index in [0.717, 1.165) is 0 Å². The highest BCUT2D eigenvalue weighted by Gasteiger charge is 2.26. The van der Waals surface area contributed by atoms with Crippen molar-refractivity contribution in [1.29, 1.82) is 0 Å². The lowest BCUT2D eigenvalue weighted by molar-refractivity contribution is -0.385. The lowest BCUT2D eigenvalue weighted by Crippen LogP contribution is -2.13. The maximum Gasteiger partial charge on any atom is 0.322 e. The molecule has 0 bridgehead atoms. The van der Waals surface area contributed by atoms with Gasteiger partial charge >= 0.3 is 5.69 Å². The van der Waals surface area contributed by atoms with Gasteiger partial charge in [0.05, 0.1) is 4.92 Å². The van der Waals surface area contributed by atoms with Gasteiger partial charge in [-0.2, -0.15) is 5.10 Å². The third kappa shape index (κ3) is 1.70. The van der Waals surface area contributed by atoms with E-state index in [1.54, 1.807) is 0 Å². The fraction of sp³-hybridized carbons (Fsp3) is 0.429. The van der Waals surface area contributed by atoms with E-state index in [-0.39, 0.29) is 17.1 Å². The Labute approximate surface area is 79.4 Å². The van der Waals surface area contributed by atoms with E-state index in [1.165, 1.54) is 0 Å². The molecule has 7 heteroatoms. The first-order valence-corrected chi connectivity index (χ1v) is 4.09. The number of carbonyl (C=O) groups excluding carboxylic acids is 1. The molecule has 7 nitrogen and oxygen atoms in total. The number of amides is 1. The van der Waals surface area contributed by atoms with E-state index in [2.05, 4.69) is 10.2 Å². The molecule has 0 radical (unpaired) electrons. The monoisotopic (exact) mass is 198 g/mol. The zero-order valence-electron chi connectivity index (χ0n) is 7.61. The standard InChI is InChI=1S/C7H10N4O3/c1-2-3-4-6(11(13)14)5(7(8)12)10-9-4/h2-3H2,1H3,(H2,8,12)(H,9,10). The number of nitrogens with zero attached hydrogens (tertiary/aromatic N) is 2. The molecule has 0 fully saturated rings. The number of aromatic amines is 1. The molecule has 0 saturated heterocycles. The highest BCUT2D eigenvalue weighted by atomic mass is 16.6. The van der Waals surface area contributed by atoms with Gasteiger partial charge in [0.15, 0.2) is 0 Å². The Morgan fingerprint density at radius 2 is 2.36 bits per heavy atom. The van der Waals surface area contributed by atoms with Crippen molar-refractivity contribution in [3.8, 4) is 0 Å². The summed E-state index contributed by atoms with van der Waals surface area (Å²) in [5.74, 6) is -0.869. The van der Waals surface area contributed by atoms with Crippen molar-refractivity contribution in [2.75, 3.05) is 0 Å². The van der Waals surface area contributed by atoms with Crippen molar-refractivity contribution >= 4 is 11.6 Å². The first kappa shape index (κ1) is 10.2. The van der Waals surface area contributed by atoms with Crippen LogP contribution in [0.15, 0.2) is 0 Å². The summed E-state index contributed by atoms with van der Waals surface area (Å²) < 4.78 is 0. The van der Waals surface area contributed by atoms with Gasteiger partial charge in [-0.25, -0.2) is 0 Å². The van der Waals surface area contributed by atoms with Crippen LogP contribution in [0.3, 0.4) is 0 Å². The molecule has 3 N–H and O–H groups in total. The number of nitrogens with one attached hydrogen (secondary N) is 1. The molecule has 0 atom stereocenters. The molecule has 76 valence electrons. The van der Waals surface area contributed by atoms with E-state index in [4.69, 9.17) is 5.73 Å². The largest absolute Gasteiger partial charge is 0.364 e. The van der Waals surface area contributed by atoms with E-state index < -0.39 is 10.8 Å². The summed E-state index contributed by atoms with van der Waals surface area (Å²) in [6, 6.07) is 0. The number of nitro groups is 1. The Balaban J connectivity index is 3.20. The number of aromatic nitrogens is 2. The minimum absolute atomic E-state index is 0.238. The van der Waals surface area contributed by atoms with Gasteiger partial charge in [0.2, 0.25) is 5.69 Å². The Morgan fingerprint density at radius 1 is 1.71 bits per heavy atom. The molecule has 14 heavy (non-hydrogen) atoms. The topological polar surface area (TPSA) is 115 Å². The summed E-state index contributed by atoms with van der Waals surface area (Å²) in [7, 11) is 0. The fourth-order valence-electron chi connectivity index (χ4n) is 1.15. The van der Waals surface area contributed by atoms with Crippen LogP contribution in [0.5, 0.6) is 0 Å². The Bertz CT molecular complexity index is 371. The van der Waals surface area contributed by atoms with Crippen LogP contribution < -0.4 is 5.73 Å². The van der Waals surface area contributed by atoms with Crippen LogP contribution >= 0.6 is 0 Å². The summed E-state index contributed by atoms with van der Waals surface area (Å²) in [5.41, 5.74) is 4.67. The first-order valence-electron chi connectivity index (χ1n) is 4.09. The minimum atomic E-state index is -0.869. The van der Waals surface area contributed by atoms with Gasteiger partial charge in [-0.1, -0.05) is 13.3 Å². The number of H-pyrrole nitrogens is 1. The molecule has 0 aliphatic heterocycles. The van der Waals surface area contributed by atoms with Crippen LogP contribution in [0.4, 0.5) is 5.69 Å². The van der Waals surface area contributed by atoms with Crippen molar-refractivity contribution in [3.05, 3.63) is 21.5 Å². The number of carbonyl (C=O) groups is 1. The quantitative estimate of drug-likeness (QED) is 0.537. The van der Waals surface area contributed by atoms with Gasteiger partial charge in [0.25, 0.3) is 5.91 Å². The van der Waals surface area contributed by atoms with Gasteiger partial charge < -0.3 is 5.73 Å². The van der Waals surface area contributed by atoms with Crippen LogP contribution in [-0.2, 0) is 6.42 Å². The normalized spacial score (nSPS) is 10.1. The predicted octanol–water partition coefficient (Wildman–Crippen LogP) is 0.369. The summed E-state index contributed by atoms with van der Waals surface area (Å²) in [5, 5.41) is 16.6. The molecule has 0 spiro atoms. The smallest absolute Gasteiger partial charge is 0.322 e. The molecule has 1 aromatic rings. The van der Waals surface area contributed by atoms with Crippen LogP contribution in [0.2, 0.25) is 0 Å². The average molecular weight is 198 g/mol. The molecule has 1 heterocycles. The minimum Gasteiger partial charge on any atom is -0.364 e. The maximum absolute atomic E-state index is 10.8. The highest BCUT2D eigenvalue weighted by Crippen LogP contribution is 2.21. The van der Waals surface area contributed by atoms with Crippen LogP contribution in [0.25, 0.3) is 0 Å². The number of hydrogen-bond donors (Lipinski definition) is 2. The summed E-state index contributed by atoms with van der Waals surface area (Å²) in [6.07, 6.45) is 1.16. The van der Waals surface area contributed by atoms with E-state index in [1.807, 2.05) is 6.92 Å². The molecular weight excluding hydrogens is 188 g/mol. The van der Waals surface area contributed by atoms with E-state index in [0.29, 0.717) is 12.8 Å². The second-order valence-electron chi connectivity index (χ2n) is 2.77. The van der Waals surface area contributed by atoms with Crippen LogP contribution in [-0.4, -0.2) is 21.0 Å². The molecule has 1 aromatic heterocycles. The number of hydrogen-bond acceptors (Lipinski definition) is 4. The Morgan fingerprint density at radius 3 is 2.79 bits per heavy atom. The SMILES string of the molecule is CCCc1n[nH]c(C(N)=O)c1[N+](=O)[O-]. The second kappa shape index (κ2) is 3.86.